The fraction of sp³-hybridized carbons (Fsp3) is 0.730. The Morgan fingerprint density at radius 1 is 0.290 bits per heavy atom. The van der Waals surface area contributed by atoms with Gasteiger partial charge in [0.2, 0.25) is 0 Å². The van der Waals surface area contributed by atoms with Gasteiger partial charge in [-0.3, -0.25) is 14.4 Å². The van der Waals surface area contributed by atoms with Crippen LogP contribution in [0.1, 0.15) is 278 Å². The zero-order chi connectivity index (χ0) is 50.0. The molecule has 0 spiro atoms. The van der Waals surface area contributed by atoms with Crippen LogP contribution in [-0.4, -0.2) is 37.2 Å². The maximum atomic E-state index is 12.9. The molecule has 1 atom stereocenters. The highest BCUT2D eigenvalue weighted by molar-refractivity contribution is 5.71. The number of allylic oxidation sites excluding steroid dienone is 14. The number of unbranched alkanes of at least 4 members (excludes halogenated alkanes) is 27. The summed E-state index contributed by atoms with van der Waals surface area (Å²) in [5.41, 5.74) is 0. The fourth-order valence-electron chi connectivity index (χ4n) is 7.93. The van der Waals surface area contributed by atoms with Crippen LogP contribution < -0.4 is 0 Å². The molecule has 0 aliphatic rings. The Morgan fingerprint density at radius 3 is 0.913 bits per heavy atom. The normalized spacial score (nSPS) is 12.7. The molecular formula is C63H108O6. The van der Waals surface area contributed by atoms with E-state index in [1.54, 1.807) is 0 Å². The number of hydrogen-bond acceptors (Lipinski definition) is 6. The Kier molecular flexibility index (Phi) is 54.3. The van der Waals surface area contributed by atoms with Crippen molar-refractivity contribution in [2.24, 2.45) is 0 Å². The van der Waals surface area contributed by atoms with Crippen LogP contribution in [0.25, 0.3) is 0 Å². The van der Waals surface area contributed by atoms with Crippen molar-refractivity contribution >= 4 is 17.9 Å². The van der Waals surface area contributed by atoms with Crippen molar-refractivity contribution in [3.05, 3.63) is 85.1 Å². The van der Waals surface area contributed by atoms with E-state index in [4.69, 9.17) is 14.2 Å². The number of hydrogen-bond donors (Lipinski definition) is 0. The Balaban J connectivity index is 4.48. The molecule has 0 bridgehead atoms. The molecular weight excluding hydrogens is 853 g/mol. The van der Waals surface area contributed by atoms with E-state index >= 15 is 0 Å². The van der Waals surface area contributed by atoms with Gasteiger partial charge in [-0.15, -0.1) is 0 Å². The van der Waals surface area contributed by atoms with Crippen molar-refractivity contribution < 1.29 is 28.6 Å². The molecule has 0 radical (unpaired) electrons. The molecule has 0 aromatic heterocycles. The fourth-order valence-corrected chi connectivity index (χ4v) is 7.93. The van der Waals surface area contributed by atoms with Gasteiger partial charge in [-0.05, 0) is 116 Å². The molecule has 6 heteroatoms. The SMILES string of the molecule is CCCCC/C=C\C/C=C\C/C=C\C/C=C\CCCC(=O)OC[C@H](COC(=O)CCCCCCCCC/C=C\C/C=C\CCCCC)OC(=O)CCCCCCCCC/C=C\CCCCCCCC. The molecule has 0 heterocycles. The van der Waals surface area contributed by atoms with E-state index in [9.17, 15) is 14.4 Å². The largest absolute Gasteiger partial charge is 0.462 e. The summed E-state index contributed by atoms with van der Waals surface area (Å²) < 4.78 is 16.8. The molecule has 0 rings (SSSR count). The van der Waals surface area contributed by atoms with Gasteiger partial charge in [-0.1, -0.05) is 228 Å². The second kappa shape index (κ2) is 57.2. The summed E-state index contributed by atoms with van der Waals surface area (Å²) >= 11 is 0. The van der Waals surface area contributed by atoms with E-state index in [0.717, 1.165) is 77.0 Å². The van der Waals surface area contributed by atoms with Gasteiger partial charge in [-0.25, -0.2) is 0 Å². The summed E-state index contributed by atoms with van der Waals surface area (Å²) in [4.78, 5) is 38.2. The van der Waals surface area contributed by atoms with Crippen LogP contribution in [0.15, 0.2) is 85.1 Å². The Bertz CT molecular complexity index is 1330. The number of carbonyl (C=O) groups is 3. The quantitative estimate of drug-likeness (QED) is 0.0262. The maximum absolute atomic E-state index is 12.9. The Morgan fingerprint density at radius 2 is 0.536 bits per heavy atom. The Labute approximate surface area is 426 Å². The molecule has 6 nitrogen and oxygen atoms in total. The predicted octanol–water partition coefficient (Wildman–Crippen LogP) is 19.5. The molecule has 0 fully saturated rings. The lowest BCUT2D eigenvalue weighted by atomic mass is 10.1. The minimum Gasteiger partial charge on any atom is -0.462 e. The van der Waals surface area contributed by atoms with Gasteiger partial charge in [-0.2, -0.15) is 0 Å². The molecule has 0 unspecified atom stereocenters. The van der Waals surface area contributed by atoms with Gasteiger partial charge in [0.05, 0.1) is 0 Å². The lowest BCUT2D eigenvalue weighted by Crippen LogP contribution is -2.30. The Hall–Kier alpha value is -3.41. The number of ether oxygens (including phenoxy) is 3. The van der Waals surface area contributed by atoms with E-state index in [2.05, 4.69) is 106 Å². The minimum atomic E-state index is -0.805. The number of carbonyl (C=O) groups excluding carboxylic acids is 3. The third-order valence-electron chi connectivity index (χ3n) is 12.3. The first kappa shape index (κ1) is 65.6. The summed E-state index contributed by atoms with van der Waals surface area (Å²) in [5, 5.41) is 0. The summed E-state index contributed by atoms with van der Waals surface area (Å²) in [5.74, 6) is -0.963. The average Bonchev–Trinajstić information content (AvgIpc) is 3.35. The highest BCUT2D eigenvalue weighted by Crippen LogP contribution is 2.14. The molecule has 0 saturated carbocycles. The van der Waals surface area contributed by atoms with E-state index < -0.39 is 6.10 Å². The molecule has 0 amide bonds. The second-order valence-electron chi connectivity index (χ2n) is 19.2. The first-order valence-electron chi connectivity index (χ1n) is 29.1. The zero-order valence-electron chi connectivity index (χ0n) is 45.3. The zero-order valence-corrected chi connectivity index (χ0v) is 45.3. The lowest BCUT2D eigenvalue weighted by Gasteiger charge is -2.18. The van der Waals surface area contributed by atoms with Crippen LogP contribution >= 0.6 is 0 Å². The van der Waals surface area contributed by atoms with E-state index in [1.165, 1.54) is 154 Å². The average molecular weight is 962 g/mol. The summed E-state index contributed by atoms with van der Waals surface area (Å²) in [6, 6.07) is 0. The molecule has 396 valence electrons. The number of rotatable bonds is 52. The lowest BCUT2D eigenvalue weighted by molar-refractivity contribution is -0.167. The van der Waals surface area contributed by atoms with Gasteiger partial charge in [0, 0.05) is 19.3 Å². The van der Waals surface area contributed by atoms with E-state index in [0.29, 0.717) is 19.3 Å². The van der Waals surface area contributed by atoms with Crippen molar-refractivity contribution in [1.82, 2.24) is 0 Å². The smallest absolute Gasteiger partial charge is 0.306 e. The van der Waals surface area contributed by atoms with Crippen molar-refractivity contribution in [3.8, 4) is 0 Å². The molecule has 0 aromatic carbocycles. The second-order valence-corrected chi connectivity index (χ2v) is 19.2. The van der Waals surface area contributed by atoms with Gasteiger partial charge < -0.3 is 14.2 Å². The van der Waals surface area contributed by atoms with Crippen LogP contribution in [0.3, 0.4) is 0 Å². The van der Waals surface area contributed by atoms with Crippen LogP contribution in [0, 0.1) is 0 Å². The van der Waals surface area contributed by atoms with E-state index in [-0.39, 0.29) is 37.5 Å². The summed E-state index contributed by atoms with van der Waals surface area (Å²) in [7, 11) is 0. The van der Waals surface area contributed by atoms with Gasteiger partial charge in [0.15, 0.2) is 6.10 Å². The van der Waals surface area contributed by atoms with Crippen molar-refractivity contribution in [3.63, 3.8) is 0 Å². The summed E-state index contributed by atoms with van der Waals surface area (Å²) in [6.07, 6.45) is 74.3. The van der Waals surface area contributed by atoms with Gasteiger partial charge in [0.25, 0.3) is 0 Å². The van der Waals surface area contributed by atoms with Crippen LogP contribution in [0.5, 0.6) is 0 Å². The van der Waals surface area contributed by atoms with E-state index in [1.807, 2.05) is 0 Å². The van der Waals surface area contributed by atoms with Crippen LogP contribution in [-0.2, 0) is 28.6 Å². The monoisotopic (exact) mass is 961 g/mol. The topological polar surface area (TPSA) is 78.9 Å². The third-order valence-corrected chi connectivity index (χ3v) is 12.3. The molecule has 0 aliphatic heterocycles. The molecule has 0 saturated heterocycles. The first-order valence-corrected chi connectivity index (χ1v) is 29.1. The number of esters is 3. The molecule has 69 heavy (non-hydrogen) atoms. The standard InChI is InChI=1S/C63H108O6/c1-4-7-10-13-16-19-22-25-28-31-34-37-40-43-46-49-52-55-61(64)67-58-60(69-63(66)57-54-51-48-45-42-39-36-33-30-27-24-21-18-15-12-9-6-3)59-68-62(65)56-53-50-47-44-41-38-35-32-29-26-23-20-17-14-11-8-5-2/h16-17,19-20,25-30,34,37,43,46,60H,4-15,18,21-24,31-33,35-36,38-42,44-45,47-59H2,1-3H3/b19-16-,20-17-,28-25-,29-26-,30-27-,37-34-,46-43-/t60-/m1/s1. The highest BCUT2D eigenvalue weighted by Gasteiger charge is 2.19. The molecule has 0 aromatic rings. The first-order chi connectivity index (χ1) is 34.0. The molecule has 0 N–H and O–H groups in total. The van der Waals surface area contributed by atoms with Crippen molar-refractivity contribution in [1.29, 1.82) is 0 Å². The van der Waals surface area contributed by atoms with Gasteiger partial charge in [0.1, 0.15) is 13.2 Å². The minimum absolute atomic E-state index is 0.0992. The highest BCUT2D eigenvalue weighted by atomic mass is 16.6. The third kappa shape index (κ3) is 55.4. The maximum Gasteiger partial charge on any atom is 0.306 e. The van der Waals surface area contributed by atoms with Crippen molar-refractivity contribution in [2.45, 2.75) is 284 Å². The summed E-state index contributed by atoms with van der Waals surface area (Å²) in [6.45, 7) is 6.54. The predicted molar refractivity (Wildman–Crippen MR) is 297 cm³/mol. The van der Waals surface area contributed by atoms with Crippen LogP contribution in [0.4, 0.5) is 0 Å². The van der Waals surface area contributed by atoms with Crippen molar-refractivity contribution in [2.75, 3.05) is 13.2 Å². The van der Waals surface area contributed by atoms with Gasteiger partial charge >= 0.3 is 17.9 Å². The van der Waals surface area contributed by atoms with Crippen LogP contribution in [0.2, 0.25) is 0 Å². The molecule has 0 aliphatic carbocycles.